The molecular weight excluding hydrogens is 368 g/mol. The molecule has 0 radical (unpaired) electrons. The topological polar surface area (TPSA) is 89.9 Å². The third-order valence-corrected chi connectivity index (χ3v) is 6.32. The molecule has 3 aromatic rings. The zero-order chi connectivity index (χ0) is 19.8. The van der Waals surface area contributed by atoms with E-state index in [9.17, 15) is 4.79 Å². The lowest BCUT2D eigenvalue weighted by molar-refractivity contribution is 0.0747. The third kappa shape index (κ3) is 3.41. The van der Waals surface area contributed by atoms with Gasteiger partial charge in [0.25, 0.3) is 5.91 Å². The smallest absolute Gasteiger partial charge is 0.255 e. The van der Waals surface area contributed by atoms with Crippen LogP contribution in [0.1, 0.15) is 85.9 Å². The number of aromatic nitrogens is 5. The number of nitrogens with zero attached hydrogens (tertiary/aromatic N) is 6. The Balaban J connectivity index is 1.33. The van der Waals surface area contributed by atoms with Gasteiger partial charge in [-0.15, -0.1) is 0 Å². The minimum Gasteiger partial charge on any atom is -0.339 e. The SMILES string of the molecule is CCN(Cc1noc(C2CCC2)n1)C(=O)c1cnc2c(c1)ncn2C1CCCC1. The van der Waals surface area contributed by atoms with E-state index in [1.807, 2.05) is 19.3 Å². The lowest BCUT2D eigenvalue weighted by Gasteiger charge is -2.20. The van der Waals surface area contributed by atoms with E-state index in [4.69, 9.17) is 4.52 Å². The first-order valence-corrected chi connectivity index (χ1v) is 10.7. The third-order valence-electron chi connectivity index (χ3n) is 6.32. The molecule has 2 fully saturated rings. The van der Waals surface area contributed by atoms with Crippen molar-refractivity contribution in [2.75, 3.05) is 6.54 Å². The molecule has 0 atom stereocenters. The summed E-state index contributed by atoms with van der Waals surface area (Å²) in [5.41, 5.74) is 2.17. The minimum atomic E-state index is -0.0905. The van der Waals surface area contributed by atoms with Gasteiger partial charge in [-0.1, -0.05) is 24.4 Å². The van der Waals surface area contributed by atoms with Crippen molar-refractivity contribution in [3.05, 3.63) is 35.9 Å². The molecule has 0 spiro atoms. The lowest BCUT2D eigenvalue weighted by atomic mass is 9.85. The second kappa shape index (κ2) is 7.57. The Morgan fingerprint density at radius 1 is 1.21 bits per heavy atom. The predicted octanol–water partition coefficient (Wildman–Crippen LogP) is 3.86. The summed E-state index contributed by atoms with van der Waals surface area (Å²) in [4.78, 5) is 28.3. The molecule has 0 aromatic carbocycles. The van der Waals surface area contributed by atoms with Crippen LogP contribution in [0.2, 0.25) is 0 Å². The van der Waals surface area contributed by atoms with E-state index in [0.717, 1.165) is 24.0 Å². The van der Waals surface area contributed by atoms with Crippen molar-refractivity contribution >= 4 is 17.1 Å². The average Bonchev–Trinajstić information content (AvgIpc) is 3.44. The van der Waals surface area contributed by atoms with E-state index in [1.54, 1.807) is 11.1 Å². The van der Waals surface area contributed by atoms with E-state index in [-0.39, 0.29) is 5.91 Å². The number of imidazole rings is 1. The van der Waals surface area contributed by atoms with Crippen LogP contribution in [0.3, 0.4) is 0 Å². The molecule has 0 saturated heterocycles. The van der Waals surface area contributed by atoms with Gasteiger partial charge in [0.1, 0.15) is 5.52 Å². The number of carbonyl (C=O) groups excluding carboxylic acids is 1. The molecule has 5 rings (SSSR count). The van der Waals surface area contributed by atoms with Crippen molar-refractivity contribution in [1.82, 2.24) is 29.6 Å². The first-order chi connectivity index (χ1) is 14.2. The summed E-state index contributed by atoms with van der Waals surface area (Å²) < 4.78 is 7.55. The fourth-order valence-electron chi connectivity index (χ4n) is 4.32. The minimum absolute atomic E-state index is 0.0905. The fraction of sp³-hybridized carbons (Fsp3) is 0.571. The molecule has 2 aliphatic rings. The van der Waals surface area contributed by atoms with Gasteiger partial charge in [-0.05, 0) is 38.7 Å². The summed E-state index contributed by atoms with van der Waals surface area (Å²) in [7, 11) is 0. The Labute approximate surface area is 169 Å². The van der Waals surface area contributed by atoms with Crippen molar-refractivity contribution in [1.29, 1.82) is 0 Å². The molecular formula is C21H26N6O2. The highest BCUT2D eigenvalue weighted by molar-refractivity contribution is 5.96. The first kappa shape index (κ1) is 18.3. The number of fused-ring (bicyclic) bond motifs is 1. The van der Waals surface area contributed by atoms with Gasteiger partial charge in [-0.2, -0.15) is 4.98 Å². The highest BCUT2D eigenvalue weighted by Gasteiger charge is 2.26. The quantitative estimate of drug-likeness (QED) is 0.631. The van der Waals surface area contributed by atoms with Crippen LogP contribution >= 0.6 is 0 Å². The van der Waals surface area contributed by atoms with Gasteiger partial charge in [0.2, 0.25) is 5.89 Å². The maximum absolute atomic E-state index is 13.1. The van der Waals surface area contributed by atoms with Crippen LogP contribution in [-0.4, -0.2) is 42.0 Å². The molecule has 0 bridgehead atoms. The van der Waals surface area contributed by atoms with Crippen LogP contribution in [0.25, 0.3) is 11.2 Å². The van der Waals surface area contributed by atoms with Gasteiger partial charge in [-0.25, -0.2) is 9.97 Å². The molecule has 8 nitrogen and oxygen atoms in total. The van der Waals surface area contributed by atoms with Crippen LogP contribution in [0.4, 0.5) is 0 Å². The Kier molecular flexibility index (Phi) is 4.77. The summed E-state index contributed by atoms with van der Waals surface area (Å²) in [5.74, 6) is 1.56. The normalized spacial score (nSPS) is 17.7. The molecule has 2 aliphatic carbocycles. The molecule has 1 amide bonds. The number of amides is 1. The molecule has 0 N–H and O–H groups in total. The van der Waals surface area contributed by atoms with Gasteiger partial charge in [0.15, 0.2) is 11.5 Å². The zero-order valence-corrected chi connectivity index (χ0v) is 16.8. The summed E-state index contributed by atoms with van der Waals surface area (Å²) in [5, 5.41) is 4.07. The molecule has 2 saturated carbocycles. The van der Waals surface area contributed by atoms with Crippen molar-refractivity contribution in [3.63, 3.8) is 0 Å². The summed E-state index contributed by atoms with van der Waals surface area (Å²) in [6, 6.07) is 2.32. The molecule has 3 aromatic heterocycles. The van der Waals surface area contributed by atoms with E-state index in [0.29, 0.717) is 42.3 Å². The Morgan fingerprint density at radius 2 is 2.03 bits per heavy atom. The number of rotatable bonds is 6. The van der Waals surface area contributed by atoms with Gasteiger partial charge < -0.3 is 14.0 Å². The maximum Gasteiger partial charge on any atom is 0.255 e. The van der Waals surface area contributed by atoms with Gasteiger partial charge in [-0.3, -0.25) is 4.79 Å². The number of hydrogen-bond acceptors (Lipinski definition) is 6. The van der Waals surface area contributed by atoms with Crippen molar-refractivity contribution < 1.29 is 9.32 Å². The summed E-state index contributed by atoms with van der Waals surface area (Å²) >= 11 is 0. The van der Waals surface area contributed by atoms with Crippen LogP contribution in [-0.2, 0) is 6.54 Å². The van der Waals surface area contributed by atoms with Crippen molar-refractivity contribution in [3.8, 4) is 0 Å². The Bertz CT molecular complexity index is 1020. The van der Waals surface area contributed by atoms with E-state index >= 15 is 0 Å². The summed E-state index contributed by atoms with van der Waals surface area (Å²) in [6.07, 6.45) is 11.8. The highest BCUT2D eigenvalue weighted by atomic mass is 16.5. The average molecular weight is 394 g/mol. The second-order valence-corrected chi connectivity index (χ2v) is 8.15. The Hall–Kier alpha value is -2.77. The van der Waals surface area contributed by atoms with E-state index in [1.165, 1.54) is 32.1 Å². The molecule has 3 heterocycles. The number of pyridine rings is 1. The second-order valence-electron chi connectivity index (χ2n) is 8.15. The maximum atomic E-state index is 13.1. The fourth-order valence-corrected chi connectivity index (χ4v) is 4.32. The lowest BCUT2D eigenvalue weighted by Crippen LogP contribution is -2.31. The predicted molar refractivity (Wildman–Crippen MR) is 106 cm³/mol. The van der Waals surface area contributed by atoms with Gasteiger partial charge in [0, 0.05) is 24.7 Å². The van der Waals surface area contributed by atoms with Crippen molar-refractivity contribution in [2.45, 2.75) is 70.4 Å². The monoisotopic (exact) mass is 394 g/mol. The van der Waals surface area contributed by atoms with E-state index < -0.39 is 0 Å². The highest BCUT2D eigenvalue weighted by Crippen LogP contribution is 2.35. The molecule has 8 heteroatoms. The van der Waals surface area contributed by atoms with Gasteiger partial charge >= 0.3 is 0 Å². The van der Waals surface area contributed by atoms with Crippen LogP contribution in [0.5, 0.6) is 0 Å². The number of carbonyl (C=O) groups is 1. The molecule has 0 unspecified atom stereocenters. The Morgan fingerprint density at radius 3 is 2.76 bits per heavy atom. The largest absolute Gasteiger partial charge is 0.339 e. The molecule has 152 valence electrons. The first-order valence-electron chi connectivity index (χ1n) is 10.7. The summed E-state index contributed by atoms with van der Waals surface area (Å²) in [6.45, 7) is 2.84. The van der Waals surface area contributed by atoms with Crippen LogP contribution < -0.4 is 0 Å². The molecule has 0 aliphatic heterocycles. The zero-order valence-electron chi connectivity index (χ0n) is 16.8. The van der Waals surface area contributed by atoms with E-state index in [2.05, 4.69) is 24.7 Å². The van der Waals surface area contributed by atoms with Crippen LogP contribution in [0, 0.1) is 0 Å². The van der Waals surface area contributed by atoms with Gasteiger partial charge in [0.05, 0.1) is 18.4 Å². The number of hydrogen-bond donors (Lipinski definition) is 0. The standard InChI is InChI=1S/C21H26N6O2/c1-2-26(12-18-24-20(29-25-18)14-6-5-7-14)21(28)15-10-17-19(22-11-15)27(13-23-17)16-8-3-4-9-16/h10-11,13-14,16H,2-9,12H2,1H3. The van der Waals surface area contributed by atoms with Crippen LogP contribution in [0.15, 0.2) is 23.1 Å². The van der Waals surface area contributed by atoms with Crippen molar-refractivity contribution in [2.24, 2.45) is 0 Å². The molecule has 29 heavy (non-hydrogen) atoms.